The number of carbonyl (C=O) groups excluding carboxylic acids is 1. The van der Waals surface area contributed by atoms with Crippen LogP contribution in [-0.2, 0) is 17.8 Å². The van der Waals surface area contributed by atoms with Gasteiger partial charge in [0.05, 0.1) is 26.3 Å². The van der Waals surface area contributed by atoms with E-state index in [9.17, 15) is 4.79 Å². The fourth-order valence-corrected chi connectivity index (χ4v) is 3.79. The van der Waals surface area contributed by atoms with Gasteiger partial charge in [0.2, 0.25) is 5.91 Å². The first-order valence-electron chi connectivity index (χ1n) is 9.90. The Morgan fingerprint density at radius 1 is 1.00 bits per heavy atom. The number of hydrogen-bond acceptors (Lipinski definition) is 3. The van der Waals surface area contributed by atoms with Crippen molar-refractivity contribution in [3.05, 3.63) is 89.1 Å². The van der Waals surface area contributed by atoms with E-state index in [0.29, 0.717) is 28.8 Å². The third kappa shape index (κ3) is 4.67. The number of aromatic nitrogens is 1. The van der Waals surface area contributed by atoms with Crippen molar-refractivity contribution in [2.75, 3.05) is 19.5 Å². The van der Waals surface area contributed by atoms with Crippen molar-refractivity contribution in [3.63, 3.8) is 0 Å². The fourth-order valence-electron chi connectivity index (χ4n) is 3.66. The van der Waals surface area contributed by atoms with Gasteiger partial charge in [-0.1, -0.05) is 41.9 Å². The van der Waals surface area contributed by atoms with Crippen LogP contribution >= 0.6 is 11.6 Å². The van der Waals surface area contributed by atoms with E-state index in [1.165, 1.54) is 0 Å². The zero-order valence-electron chi connectivity index (χ0n) is 17.4. The zero-order valence-corrected chi connectivity index (χ0v) is 18.1. The molecule has 4 rings (SSSR count). The van der Waals surface area contributed by atoms with Crippen molar-refractivity contribution in [2.45, 2.75) is 13.0 Å². The van der Waals surface area contributed by atoms with Gasteiger partial charge in [0.25, 0.3) is 0 Å². The average molecular weight is 435 g/mol. The van der Waals surface area contributed by atoms with Gasteiger partial charge in [-0.25, -0.2) is 0 Å². The molecule has 1 aromatic heterocycles. The SMILES string of the molecule is COc1ccc(OC)c(NC(=O)Cc2cn(Cc3ccc(Cl)cc3)c3ccccc23)c1. The largest absolute Gasteiger partial charge is 0.497 e. The number of amides is 1. The second-order valence-corrected chi connectivity index (χ2v) is 7.65. The van der Waals surface area contributed by atoms with Crippen LogP contribution in [0.15, 0.2) is 72.9 Å². The van der Waals surface area contributed by atoms with Crippen LogP contribution in [0.3, 0.4) is 0 Å². The first-order valence-corrected chi connectivity index (χ1v) is 10.3. The van der Waals surface area contributed by atoms with Crippen molar-refractivity contribution in [2.24, 2.45) is 0 Å². The monoisotopic (exact) mass is 434 g/mol. The minimum absolute atomic E-state index is 0.124. The van der Waals surface area contributed by atoms with Crippen molar-refractivity contribution in [1.82, 2.24) is 4.57 Å². The maximum absolute atomic E-state index is 12.9. The van der Waals surface area contributed by atoms with Crippen molar-refractivity contribution in [3.8, 4) is 11.5 Å². The number of nitrogens with zero attached hydrogens (tertiary/aromatic N) is 1. The molecule has 6 heteroatoms. The van der Waals surface area contributed by atoms with E-state index in [0.717, 1.165) is 22.0 Å². The van der Waals surface area contributed by atoms with Crippen LogP contribution in [0.5, 0.6) is 11.5 Å². The molecule has 0 aliphatic heterocycles. The smallest absolute Gasteiger partial charge is 0.228 e. The predicted octanol–water partition coefficient (Wildman–Crippen LogP) is 5.54. The number of hydrogen-bond donors (Lipinski definition) is 1. The first-order chi connectivity index (χ1) is 15.1. The van der Waals surface area contributed by atoms with Gasteiger partial charge < -0.3 is 19.4 Å². The summed E-state index contributed by atoms with van der Waals surface area (Å²) < 4.78 is 12.8. The lowest BCUT2D eigenvalue weighted by Crippen LogP contribution is -2.15. The minimum Gasteiger partial charge on any atom is -0.497 e. The van der Waals surface area contributed by atoms with Crippen LogP contribution < -0.4 is 14.8 Å². The molecule has 31 heavy (non-hydrogen) atoms. The number of ether oxygens (including phenoxy) is 2. The predicted molar refractivity (Wildman–Crippen MR) is 124 cm³/mol. The number of benzene rings is 3. The fraction of sp³-hybridized carbons (Fsp3) is 0.160. The lowest BCUT2D eigenvalue weighted by Gasteiger charge is -2.11. The van der Waals surface area contributed by atoms with Crippen LogP contribution in [0.4, 0.5) is 5.69 Å². The Kier molecular flexibility index (Phi) is 6.14. The van der Waals surface area contributed by atoms with E-state index in [-0.39, 0.29) is 12.3 Å². The van der Waals surface area contributed by atoms with Crippen molar-refractivity contribution in [1.29, 1.82) is 0 Å². The van der Waals surface area contributed by atoms with Gasteiger partial charge in [0.15, 0.2) is 0 Å². The third-order valence-electron chi connectivity index (χ3n) is 5.17. The topological polar surface area (TPSA) is 52.5 Å². The summed E-state index contributed by atoms with van der Waals surface area (Å²) in [6, 6.07) is 21.2. The molecular weight excluding hydrogens is 412 g/mol. The summed E-state index contributed by atoms with van der Waals surface area (Å²) in [5, 5.41) is 4.72. The van der Waals surface area contributed by atoms with Crippen LogP contribution in [-0.4, -0.2) is 24.7 Å². The number of carbonyl (C=O) groups is 1. The molecule has 0 bridgehead atoms. The maximum Gasteiger partial charge on any atom is 0.228 e. The number of fused-ring (bicyclic) bond motifs is 1. The summed E-state index contributed by atoms with van der Waals surface area (Å²) in [7, 11) is 3.16. The Hall–Kier alpha value is -3.44. The molecule has 1 amide bonds. The van der Waals surface area contributed by atoms with E-state index in [2.05, 4.69) is 16.0 Å². The van der Waals surface area contributed by atoms with Gasteiger partial charge in [-0.3, -0.25) is 4.79 Å². The van der Waals surface area contributed by atoms with E-state index >= 15 is 0 Å². The molecule has 0 saturated heterocycles. The molecule has 0 fully saturated rings. The van der Waals surface area contributed by atoms with E-state index in [4.69, 9.17) is 21.1 Å². The van der Waals surface area contributed by atoms with Crippen LogP contribution in [0.1, 0.15) is 11.1 Å². The number of halogens is 1. The molecule has 1 heterocycles. The quantitative estimate of drug-likeness (QED) is 0.415. The maximum atomic E-state index is 12.9. The molecule has 0 radical (unpaired) electrons. The highest BCUT2D eigenvalue weighted by molar-refractivity contribution is 6.30. The summed E-state index contributed by atoms with van der Waals surface area (Å²) in [5.41, 5.74) is 3.77. The first kappa shape index (κ1) is 20.8. The standard InChI is InChI=1S/C25H23ClN2O3/c1-30-20-11-12-24(31-2)22(14-20)27-25(29)13-18-16-28(23-6-4-3-5-21(18)23)15-17-7-9-19(26)10-8-17/h3-12,14,16H,13,15H2,1-2H3,(H,27,29). The Morgan fingerprint density at radius 3 is 2.52 bits per heavy atom. The van der Waals surface area contributed by atoms with Gasteiger partial charge in [0, 0.05) is 34.7 Å². The van der Waals surface area contributed by atoms with Gasteiger partial charge in [-0.2, -0.15) is 0 Å². The molecule has 5 nitrogen and oxygen atoms in total. The normalized spacial score (nSPS) is 10.8. The summed E-state index contributed by atoms with van der Waals surface area (Å²) >= 11 is 6.01. The number of nitrogens with one attached hydrogen (secondary N) is 1. The Labute approximate surface area is 186 Å². The van der Waals surface area contributed by atoms with E-state index < -0.39 is 0 Å². The van der Waals surface area contributed by atoms with Gasteiger partial charge in [0.1, 0.15) is 11.5 Å². The Balaban J connectivity index is 1.59. The van der Waals surface area contributed by atoms with Crippen LogP contribution in [0, 0.1) is 0 Å². The van der Waals surface area contributed by atoms with E-state index in [1.54, 1.807) is 32.4 Å². The van der Waals surface area contributed by atoms with E-state index in [1.807, 2.05) is 48.7 Å². The molecule has 158 valence electrons. The highest BCUT2D eigenvalue weighted by Crippen LogP contribution is 2.29. The Bertz CT molecular complexity index is 1220. The number of rotatable bonds is 7. The highest BCUT2D eigenvalue weighted by Gasteiger charge is 2.14. The lowest BCUT2D eigenvalue weighted by molar-refractivity contribution is -0.115. The molecule has 0 unspecified atom stereocenters. The second-order valence-electron chi connectivity index (χ2n) is 7.22. The summed E-state index contributed by atoms with van der Waals surface area (Å²) in [6.07, 6.45) is 2.29. The molecule has 0 aliphatic rings. The van der Waals surface area contributed by atoms with Gasteiger partial charge in [-0.15, -0.1) is 0 Å². The molecule has 0 saturated carbocycles. The van der Waals surface area contributed by atoms with Crippen molar-refractivity contribution < 1.29 is 14.3 Å². The third-order valence-corrected chi connectivity index (χ3v) is 5.42. The number of methoxy groups -OCH3 is 2. The highest BCUT2D eigenvalue weighted by atomic mass is 35.5. The minimum atomic E-state index is -0.124. The average Bonchev–Trinajstić information content (AvgIpc) is 3.12. The molecule has 0 spiro atoms. The van der Waals surface area contributed by atoms with Gasteiger partial charge in [-0.05, 0) is 41.5 Å². The van der Waals surface area contributed by atoms with Gasteiger partial charge >= 0.3 is 0 Å². The number of anilines is 1. The second kappa shape index (κ2) is 9.14. The van der Waals surface area contributed by atoms with Crippen molar-refractivity contribution >= 4 is 34.1 Å². The molecule has 0 aliphatic carbocycles. The molecular formula is C25H23ClN2O3. The summed E-state index contributed by atoms with van der Waals surface area (Å²) in [5.74, 6) is 1.11. The number of para-hydroxylation sites is 1. The van der Waals surface area contributed by atoms with Crippen LogP contribution in [0.2, 0.25) is 5.02 Å². The summed E-state index contributed by atoms with van der Waals surface area (Å²) in [4.78, 5) is 12.9. The Morgan fingerprint density at radius 2 is 1.77 bits per heavy atom. The lowest BCUT2D eigenvalue weighted by atomic mass is 10.1. The molecule has 4 aromatic rings. The molecule has 1 N–H and O–H groups in total. The molecule has 3 aromatic carbocycles. The molecule has 0 atom stereocenters. The zero-order chi connectivity index (χ0) is 21.8. The summed E-state index contributed by atoms with van der Waals surface area (Å²) in [6.45, 7) is 0.697. The van der Waals surface area contributed by atoms with Crippen LogP contribution in [0.25, 0.3) is 10.9 Å².